The maximum Gasteiger partial charge on any atom is 0.142 e. The van der Waals surface area contributed by atoms with Crippen molar-refractivity contribution in [1.29, 1.82) is 5.26 Å². The van der Waals surface area contributed by atoms with Gasteiger partial charge < -0.3 is 15.4 Å². The Balaban J connectivity index is 2.30. The van der Waals surface area contributed by atoms with E-state index in [9.17, 15) is 0 Å². The molecule has 90 valence electrons. The number of hydrogen-bond acceptors (Lipinski definition) is 4. The molecule has 0 saturated carbocycles. The lowest BCUT2D eigenvalue weighted by molar-refractivity contribution is 0.414. The zero-order valence-electron chi connectivity index (χ0n) is 9.61. The summed E-state index contributed by atoms with van der Waals surface area (Å²) >= 11 is 5.98. The van der Waals surface area contributed by atoms with Gasteiger partial charge in [0.05, 0.1) is 18.9 Å². The summed E-state index contributed by atoms with van der Waals surface area (Å²) in [5, 5.41) is 9.66. The van der Waals surface area contributed by atoms with Gasteiger partial charge in [0.2, 0.25) is 0 Å². The van der Waals surface area contributed by atoms with Gasteiger partial charge in [-0.3, -0.25) is 0 Å². The van der Waals surface area contributed by atoms with Crippen molar-refractivity contribution in [3.63, 3.8) is 0 Å². The largest absolute Gasteiger partial charge is 0.495 e. The summed E-state index contributed by atoms with van der Waals surface area (Å²) in [6, 6.07) is 7.59. The number of nitrogens with zero attached hydrogens (tertiary/aromatic N) is 2. The minimum atomic E-state index is -0.771. The third-order valence-corrected chi connectivity index (χ3v) is 3.24. The quantitative estimate of drug-likeness (QED) is 0.870. The van der Waals surface area contributed by atoms with Crippen molar-refractivity contribution < 1.29 is 4.74 Å². The predicted octanol–water partition coefficient (Wildman–Crippen LogP) is 1.78. The third kappa shape index (κ3) is 2.31. The molecule has 2 rings (SSSR count). The molecule has 0 amide bonds. The highest BCUT2D eigenvalue weighted by Gasteiger charge is 2.35. The standard InChI is InChI=1S/C12H14ClN3O/c1-17-11-3-2-9(13)6-10(11)16-5-4-12(15,7-14)8-16/h2-3,6H,4-5,8,15H2,1H3. The van der Waals surface area contributed by atoms with E-state index in [1.165, 1.54) is 0 Å². The lowest BCUT2D eigenvalue weighted by Gasteiger charge is -2.22. The van der Waals surface area contributed by atoms with Crippen molar-refractivity contribution in [3.8, 4) is 11.8 Å². The molecule has 1 aromatic rings. The van der Waals surface area contributed by atoms with Crippen molar-refractivity contribution in [2.45, 2.75) is 12.0 Å². The Morgan fingerprint density at radius 3 is 2.94 bits per heavy atom. The van der Waals surface area contributed by atoms with Gasteiger partial charge in [-0.05, 0) is 24.6 Å². The van der Waals surface area contributed by atoms with E-state index < -0.39 is 5.54 Å². The van der Waals surface area contributed by atoms with Gasteiger partial charge in [-0.15, -0.1) is 0 Å². The molecule has 1 unspecified atom stereocenters. The van der Waals surface area contributed by atoms with E-state index >= 15 is 0 Å². The maximum atomic E-state index is 9.01. The third-order valence-electron chi connectivity index (χ3n) is 3.01. The number of nitrogens with two attached hydrogens (primary N) is 1. The number of methoxy groups -OCH3 is 1. The van der Waals surface area contributed by atoms with Gasteiger partial charge in [-0.1, -0.05) is 11.6 Å². The Morgan fingerprint density at radius 2 is 2.35 bits per heavy atom. The molecule has 0 spiro atoms. The highest BCUT2D eigenvalue weighted by Crippen LogP contribution is 2.34. The molecule has 5 heteroatoms. The monoisotopic (exact) mass is 251 g/mol. The second-order valence-corrected chi connectivity index (χ2v) is 4.69. The minimum absolute atomic E-state index is 0.500. The molecular weight excluding hydrogens is 238 g/mol. The lowest BCUT2D eigenvalue weighted by atomic mass is 10.0. The first kappa shape index (κ1) is 12.0. The first-order chi connectivity index (χ1) is 8.08. The van der Waals surface area contributed by atoms with E-state index in [1.54, 1.807) is 13.2 Å². The van der Waals surface area contributed by atoms with Gasteiger partial charge in [0, 0.05) is 18.1 Å². The summed E-state index contributed by atoms with van der Waals surface area (Å²) < 4.78 is 5.29. The number of benzene rings is 1. The second-order valence-electron chi connectivity index (χ2n) is 4.26. The maximum absolute atomic E-state index is 9.01. The van der Waals surface area contributed by atoms with E-state index in [0.29, 0.717) is 18.0 Å². The summed E-state index contributed by atoms with van der Waals surface area (Å²) in [5.41, 5.74) is 6.06. The Labute approximate surface area is 106 Å². The van der Waals surface area contributed by atoms with Gasteiger partial charge in [0.15, 0.2) is 0 Å². The van der Waals surface area contributed by atoms with Gasteiger partial charge in [0.1, 0.15) is 11.3 Å². The summed E-state index contributed by atoms with van der Waals surface area (Å²) in [4.78, 5) is 2.04. The summed E-state index contributed by atoms with van der Waals surface area (Å²) in [7, 11) is 1.61. The average molecular weight is 252 g/mol. The first-order valence-electron chi connectivity index (χ1n) is 5.36. The predicted molar refractivity (Wildman–Crippen MR) is 67.4 cm³/mol. The molecule has 1 fully saturated rings. The van der Waals surface area contributed by atoms with Crippen molar-refractivity contribution in [1.82, 2.24) is 0 Å². The number of halogens is 1. The van der Waals surface area contributed by atoms with Crippen LogP contribution >= 0.6 is 11.6 Å². The van der Waals surface area contributed by atoms with Crippen LogP contribution in [0.4, 0.5) is 5.69 Å². The van der Waals surface area contributed by atoms with E-state index in [2.05, 4.69) is 6.07 Å². The summed E-state index contributed by atoms with van der Waals surface area (Å²) in [5.74, 6) is 0.747. The molecule has 0 radical (unpaired) electrons. The number of ether oxygens (including phenoxy) is 1. The van der Waals surface area contributed by atoms with Crippen LogP contribution < -0.4 is 15.4 Å². The number of hydrogen-bond donors (Lipinski definition) is 1. The van der Waals surface area contributed by atoms with Crippen molar-refractivity contribution in [2.75, 3.05) is 25.1 Å². The van der Waals surface area contributed by atoms with Crippen molar-refractivity contribution in [2.24, 2.45) is 5.73 Å². The van der Waals surface area contributed by atoms with Gasteiger partial charge >= 0.3 is 0 Å². The van der Waals surface area contributed by atoms with Crippen LogP contribution in [0, 0.1) is 11.3 Å². The topological polar surface area (TPSA) is 62.3 Å². The van der Waals surface area contributed by atoms with Crippen LogP contribution in [0.5, 0.6) is 5.75 Å². The van der Waals surface area contributed by atoms with E-state index in [4.69, 9.17) is 27.3 Å². The van der Waals surface area contributed by atoms with Crippen molar-refractivity contribution >= 4 is 17.3 Å². The van der Waals surface area contributed by atoms with Crippen LogP contribution in [-0.2, 0) is 0 Å². The first-order valence-corrected chi connectivity index (χ1v) is 5.74. The molecule has 1 aliphatic rings. The van der Waals surface area contributed by atoms with Crippen LogP contribution in [-0.4, -0.2) is 25.7 Å². The van der Waals surface area contributed by atoms with E-state index in [1.807, 2.05) is 17.0 Å². The Morgan fingerprint density at radius 1 is 1.59 bits per heavy atom. The molecule has 0 aliphatic carbocycles. The Hall–Kier alpha value is -1.44. The van der Waals surface area contributed by atoms with E-state index in [-0.39, 0.29) is 0 Å². The fourth-order valence-corrected chi connectivity index (χ4v) is 2.21. The SMILES string of the molecule is COc1ccc(Cl)cc1N1CCC(N)(C#N)C1. The molecule has 1 atom stereocenters. The number of rotatable bonds is 2. The molecule has 17 heavy (non-hydrogen) atoms. The van der Waals surface area contributed by atoms with Gasteiger partial charge in [0.25, 0.3) is 0 Å². The normalized spacial score (nSPS) is 23.5. The zero-order valence-corrected chi connectivity index (χ0v) is 10.4. The van der Waals surface area contributed by atoms with Gasteiger partial charge in [-0.25, -0.2) is 0 Å². The van der Waals surface area contributed by atoms with Crippen LogP contribution in [0.1, 0.15) is 6.42 Å². The molecule has 0 bridgehead atoms. The highest BCUT2D eigenvalue weighted by atomic mass is 35.5. The molecule has 1 aromatic carbocycles. The molecule has 1 saturated heterocycles. The van der Waals surface area contributed by atoms with E-state index in [0.717, 1.165) is 18.0 Å². The van der Waals surface area contributed by atoms with Gasteiger partial charge in [-0.2, -0.15) is 5.26 Å². The van der Waals surface area contributed by atoms with Crippen molar-refractivity contribution in [3.05, 3.63) is 23.2 Å². The number of anilines is 1. The zero-order chi connectivity index (χ0) is 12.5. The molecule has 1 aliphatic heterocycles. The highest BCUT2D eigenvalue weighted by molar-refractivity contribution is 6.30. The molecular formula is C12H14ClN3O. The number of nitriles is 1. The fraction of sp³-hybridized carbons (Fsp3) is 0.417. The van der Waals surface area contributed by atoms with Crippen LogP contribution in [0.3, 0.4) is 0 Å². The molecule has 4 nitrogen and oxygen atoms in total. The smallest absolute Gasteiger partial charge is 0.142 e. The molecule has 1 heterocycles. The second kappa shape index (κ2) is 4.44. The molecule has 0 aromatic heterocycles. The van der Waals surface area contributed by atoms with Crippen LogP contribution in [0.25, 0.3) is 0 Å². The van der Waals surface area contributed by atoms with Crippen LogP contribution in [0.15, 0.2) is 18.2 Å². The summed E-state index contributed by atoms with van der Waals surface area (Å²) in [6.07, 6.45) is 0.652. The molecule has 2 N–H and O–H groups in total. The Kier molecular flexibility index (Phi) is 3.14. The van der Waals surface area contributed by atoms with Crippen LogP contribution in [0.2, 0.25) is 5.02 Å². The summed E-state index contributed by atoms with van der Waals surface area (Å²) in [6.45, 7) is 1.24. The lowest BCUT2D eigenvalue weighted by Crippen LogP contribution is -2.41. The minimum Gasteiger partial charge on any atom is -0.495 e. The fourth-order valence-electron chi connectivity index (χ4n) is 2.04. The average Bonchev–Trinajstić information content (AvgIpc) is 2.73. The Bertz CT molecular complexity index is 471.